The Morgan fingerprint density at radius 2 is 1.80 bits per heavy atom. The first-order valence-electron chi connectivity index (χ1n) is 8.04. The van der Waals surface area contributed by atoms with Crippen LogP contribution in [0.5, 0.6) is 11.5 Å². The number of amides is 1. The molecule has 6 heteroatoms. The van der Waals surface area contributed by atoms with Crippen LogP contribution in [0.2, 0.25) is 0 Å². The maximum absolute atomic E-state index is 12.3. The molecule has 1 amide bonds. The summed E-state index contributed by atoms with van der Waals surface area (Å²) in [7, 11) is 0. The van der Waals surface area contributed by atoms with Crippen LogP contribution in [0.4, 0.5) is 0 Å². The lowest BCUT2D eigenvalue weighted by molar-refractivity contribution is -0.137. The van der Waals surface area contributed by atoms with Crippen LogP contribution in [0.15, 0.2) is 48.5 Å². The van der Waals surface area contributed by atoms with Gasteiger partial charge < -0.3 is 19.9 Å². The SMILES string of the molecule is O=C(O)CC(CC(=O)NCc1ccccc1)c1ccc2c(c1)OCO2. The second kappa shape index (κ2) is 7.70. The summed E-state index contributed by atoms with van der Waals surface area (Å²) in [5.74, 6) is -0.349. The zero-order valence-corrected chi connectivity index (χ0v) is 13.6. The fourth-order valence-corrected chi connectivity index (χ4v) is 2.78. The fraction of sp³-hybridized carbons (Fsp3) is 0.263. The first kappa shape index (κ1) is 16.8. The highest BCUT2D eigenvalue weighted by Crippen LogP contribution is 2.36. The van der Waals surface area contributed by atoms with E-state index in [9.17, 15) is 14.7 Å². The van der Waals surface area contributed by atoms with Crippen LogP contribution in [0.3, 0.4) is 0 Å². The lowest BCUT2D eigenvalue weighted by atomic mass is 9.92. The van der Waals surface area contributed by atoms with Gasteiger partial charge in [-0.2, -0.15) is 0 Å². The summed E-state index contributed by atoms with van der Waals surface area (Å²) in [6.07, 6.45) is -0.0306. The van der Waals surface area contributed by atoms with Crippen molar-refractivity contribution in [3.63, 3.8) is 0 Å². The molecule has 2 aromatic carbocycles. The lowest BCUT2D eigenvalue weighted by Gasteiger charge is -2.16. The minimum Gasteiger partial charge on any atom is -0.481 e. The Labute approximate surface area is 145 Å². The summed E-state index contributed by atoms with van der Waals surface area (Å²) in [6.45, 7) is 0.570. The second-order valence-corrected chi connectivity index (χ2v) is 5.87. The number of carbonyl (C=O) groups excluding carboxylic acids is 1. The monoisotopic (exact) mass is 341 g/mol. The van der Waals surface area contributed by atoms with Crippen molar-refractivity contribution in [1.82, 2.24) is 5.32 Å². The lowest BCUT2D eigenvalue weighted by Crippen LogP contribution is -2.25. The van der Waals surface area contributed by atoms with Crippen molar-refractivity contribution in [3.8, 4) is 11.5 Å². The van der Waals surface area contributed by atoms with Crippen LogP contribution in [0, 0.1) is 0 Å². The van der Waals surface area contributed by atoms with E-state index in [1.807, 2.05) is 30.3 Å². The highest BCUT2D eigenvalue weighted by Gasteiger charge is 2.22. The molecular formula is C19H19NO5. The largest absolute Gasteiger partial charge is 0.481 e. The van der Waals surface area contributed by atoms with E-state index in [0.29, 0.717) is 18.0 Å². The summed E-state index contributed by atoms with van der Waals surface area (Å²) in [6, 6.07) is 14.8. The van der Waals surface area contributed by atoms with Gasteiger partial charge in [0.2, 0.25) is 12.7 Å². The quantitative estimate of drug-likeness (QED) is 0.809. The van der Waals surface area contributed by atoms with Crippen LogP contribution >= 0.6 is 0 Å². The molecule has 0 radical (unpaired) electrons. The molecule has 1 heterocycles. The van der Waals surface area contributed by atoms with Crippen molar-refractivity contribution in [1.29, 1.82) is 0 Å². The number of carbonyl (C=O) groups is 2. The molecular weight excluding hydrogens is 322 g/mol. The van der Waals surface area contributed by atoms with Gasteiger partial charge in [0.1, 0.15) is 0 Å². The van der Waals surface area contributed by atoms with Crippen molar-refractivity contribution in [3.05, 3.63) is 59.7 Å². The van der Waals surface area contributed by atoms with Gasteiger partial charge in [0.25, 0.3) is 0 Å². The van der Waals surface area contributed by atoms with Crippen LogP contribution < -0.4 is 14.8 Å². The minimum absolute atomic E-state index is 0.0960. The first-order valence-corrected chi connectivity index (χ1v) is 8.04. The van der Waals surface area contributed by atoms with E-state index in [0.717, 1.165) is 11.1 Å². The molecule has 3 rings (SSSR count). The molecule has 0 aromatic heterocycles. The third-order valence-corrected chi connectivity index (χ3v) is 4.05. The molecule has 6 nitrogen and oxygen atoms in total. The van der Waals surface area contributed by atoms with Gasteiger partial charge in [0.15, 0.2) is 11.5 Å². The highest BCUT2D eigenvalue weighted by molar-refractivity contribution is 5.78. The van der Waals surface area contributed by atoms with Crippen molar-refractivity contribution in [2.75, 3.05) is 6.79 Å². The van der Waals surface area contributed by atoms with Gasteiger partial charge in [-0.1, -0.05) is 36.4 Å². The Kier molecular flexibility index (Phi) is 5.18. The zero-order valence-electron chi connectivity index (χ0n) is 13.6. The van der Waals surface area contributed by atoms with E-state index in [2.05, 4.69) is 5.32 Å². The summed E-state index contributed by atoms with van der Waals surface area (Å²) < 4.78 is 10.6. The van der Waals surface area contributed by atoms with Gasteiger partial charge in [-0.05, 0) is 23.3 Å². The van der Waals surface area contributed by atoms with E-state index in [1.165, 1.54) is 0 Å². The molecule has 1 aliphatic rings. The standard InChI is InChI=1S/C19H19NO5/c21-18(20-11-13-4-2-1-3-5-13)9-15(10-19(22)23)14-6-7-16-17(8-14)25-12-24-16/h1-8,15H,9-12H2,(H,20,21)(H,22,23). The van der Waals surface area contributed by atoms with E-state index < -0.39 is 11.9 Å². The van der Waals surface area contributed by atoms with Gasteiger partial charge in [-0.25, -0.2) is 0 Å². The Balaban J connectivity index is 1.66. The normalized spacial score (nSPS) is 13.3. The number of carboxylic acids is 1. The molecule has 0 aliphatic carbocycles. The van der Waals surface area contributed by atoms with Crippen LogP contribution in [0.1, 0.15) is 29.9 Å². The van der Waals surface area contributed by atoms with Gasteiger partial charge in [0, 0.05) is 18.9 Å². The number of ether oxygens (including phenoxy) is 2. The van der Waals surface area contributed by atoms with Crippen molar-refractivity contribution in [2.24, 2.45) is 0 Å². The molecule has 0 saturated carbocycles. The number of rotatable bonds is 7. The third-order valence-electron chi connectivity index (χ3n) is 4.05. The molecule has 2 aromatic rings. The maximum Gasteiger partial charge on any atom is 0.303 e. The molecule has 130 valence electrons. The topological polar surface area (TPSA) is 84.9 Å². The second-order valence-electron chi connectivity index (χ2n) is 5.87. The number of hydrogen-bond donors (Lipinski definition) is 2. The van der Waals surface area contributed by atoms with Gasteiger partial charge in [0.05, 0.1) is 6.42 Å². The van der Waals surface area contributed by atoms with Crippen LogP contribution in [-0.4, -0.2) is 23.8 Å². The first-order chi connectivity index (χ1) is 12.1. The molecule has 0 bridgehead atoms. The number of aliphatic carboxylic acids is 1. The zero-order chi connectivity index (χ0) is 17.6. The summed E-state index contributed by atoms with van der Waals surface area (Å²) in [5.41, 5.74) is 1.75. The van der Waals surface area contributed by atoms with Gasteiger partial charge in [-0.3, -0.25) is 9.59 Å². The molecule has 0 saturated heterocycles. The van der Waals surface area contributed by atoms with Crippen LogP contribution in [-0.2, 0) is 16.1 Å². The molecule has 1 unspecified atom stereocenters. The van der Waals surface area contributed by atoms with E-state index in [1.54, 1.807) is 18.2 Å². The Morgan fingerprint density at radius 1 is 1.04 bits per heavy atom. The summed E-state index contributed by atoms with van der Waals surface area (Å²) >= 11 is 0. The number of nitrogens with one attached hydrogen (secondary N) is 1. The number of fused-ring (bicyclic) bond motifs is 1. The van der Waals surface area contributed by atoms with E-state index >= 15 is 0 Å². The van der Waals surface area contributed by atoms with Crippen molar-refractivity contribution in [2.45, 2.75) is 25.3 Å². The number of benzene rings is 2. The van der Waals surface area contributed by atoms with Crippen LogP contribution in [0.25, 0.3) is 0 Å². The summed E-state index contributed by atoms with van der Waals surface area (Å²) in [4.78, 5) is 23.4. The average molecular weight is 341 g/mol. The molecule has 25 heavy (non-hydrogen) atoms. The Bertz CT molecular complexity index is 760. The predicted molar refractivity (Wildman–Crippen MR) is 90.5 cm³/mol. The molecule has 1 aliphatic heterocycles. The average Bonchev–Trinajstić information content (AvgIpc) is 3.07. The smallest absolute Gasteiger partial charge is 0.303 e. The number of hydrogen-bond acceptors (Lipinski definition) is 4. The Hall–Kier alpha value is -3.02. The van der Waals surface area contributed by atoms with Gasteiger partial charge in [-0.15, -0.1) is 0 Å². The molecule has 0 fully saturated rings. The fourth-order valence-electron chi connectivity index (χ4n) is 2.78. The highest BCUT2D eigenvalue weighted by atomic mass is 16.7. The van der Waals surface area contributed by atoms with Gasteiger partial charge >= 0.3 is 5.97 Å². The molecule has 0 spiro atoms. The van der Waals surface area contributed by atoms with E-state index in [4.69, 9.17) is 9.47 Å². The molecule has 1 atom stereocenters. The number of carboxylic acid groups (broad SMARTS) is 1. The van der Waals surface area contributed by atoms with Crippen molar-refractivity contribution < 1.29 is 24.2 Å². The minimum atomic E-state index is -0.946. The maximum atomic E-state index is 12.3. The third kappa shape index (κ3) is 4.50. The predicted octanol–water partition coefficient (Wildman–Crippen LogP) is 2.68. The molecule has 2 N–H and O–H groups in total. The van der Waals surface area contributed by atoms with E-state index in [-0.39, 0.29) is 25.5 Å². The van der Waals surface area contributed by atoms with Crippen molar-refractivity contribution >= 4 is 11.9 Å². The summed E-state index contributed by atoms with van der Waals surface area (Å²) in [5, 5.41) is 12.0. The Morgan fingerprint density at radius 3 is 2.56 bits per heavy atom.